The first kappa shape index (κ1) is 8.22. The molecule has 1 heterocycles. The average Bonchev–Trinajstić information content (AvgIpc) is 2.81. The summed E-state index contributed by atoms with van der Waals surface area (Å²) in [5, 5.41) is 3.99. The van der Waals surface area contributed by atoms with Crippen molar-refractivity contribution in [1.82, 2.24) is 14.8 Å². The predicted octanol–water partition coefficient (Wildman–Crippen LogP) is 0.475. The summed E-state index contributed by atoms with van der Waals surface area (Å²) in [6.45, 7) is 0.865. The van der Waals surface area contributed by atoms with Crippen molar-refractivity contribution in [2.75, 3.05) is 7.11 Å². The first-order chi connectivity index (χ1) is 6.29. The van der Waals surface area contributed by atoms with E-state index in [4.69, 9.17) is 0 Å². The van der Waals surface area contributed by atoms with Gasteiger partial charge in [0, 0.05) is 6.54 Å². The molecule has 5 heteroatoms. The van der Waals surface area contributed by atoms with Crippen LogP contribution >= 0.6 is 0 Å². The number of carbonyl (C=O) groups is 1. The Hall–Kier alpha value is -1.39. The fraction of sp³-hybridized carbons (Fsp3) is 0.625. The molecule has 0 atom stereocenters. The predicted molar refractivity (Wildman–Crippen MR) is 44.1 cm³/mol. The minimum atomic E-state index is -0.477. The van der Waals surface area contributed by atoms with E-state index in [0.717, 1.165) is 12.5 Å². The number of nitrogens with zero attached hydrogens (tertiary/aromatic N) is 3. The zero-order chi connectivity index (χ0) is 9.26. The van der Waals surface area contributed by atoms with Crippen LogP contribution in [0, 0.1) is 5.92 Å². The Kier molecular flexibility index (Phi) is 2.00. The summed E-state index contributed by atoms with van der Waals surface area (Å²) in [6, 6.07) is 0. The van der Waals surface area contributed by atoms with Crippen LogP contribution in [0.4, 0.5) is 0 Å². The minimum Gasteiger partial charge on any atom is -0.463 e. The van der Waals surface area contributed by atoms with Crippen molar-refractivity contribution < 1.29 is 9.53 Å². The molecule has 1 aliphatic carbocycles. The van der Waals surface area contributed by atoms with Crippen LogP contribution in [-0.2, 0) is 11.3 Å². The van der Waals surface area contributed by atoms with Crippen molar-refractivity contribution in [3.05, 3.63) is 12.2 Å². The SMILES string of the molecule is COC(=O)c1ncn(CC2CC2)n1. The molecule has 0 saturated heterocycles. The zero-order valence-corrected chi connectivity index (χ0v) is 7.43. The third kappa shape index (κ3) is 1.85. The quantitative estimate of drug-likeness (QED) is 0.636. The molecule has 0 bridgehead atoms. The topological polar surface area (TPSA) is 57.0 Å². The molecule has 0 radical (unpaired) electrons. The van der Waals surface area contributed by atoms with Crippen LogP contribution in [0.2, 0.25) is 0 Å². The van der Waals surface area contributed by atoms with Crippen molar-refractivity contribution in [3.8, 4) is 0 Å². The standard InChI is InChI=1S/C8H11N3O2/c1-13-8(12)7-9-5-11(10-7)4-6-2-3-6/h5-6H,2-4H2,1H3. The van der Waals surface area contributed by atoms with E-state index in [1.807, 2.05) is 0 Å². The summed E-state index contributed by atoms with van der Waals surface area (Å²) in [5.41, 5.74) is 0. The normalized spacial score (nSPS) is 15.8. The van der Waals surface area contributed by atoms with E-state index in [9.17, 15) is 4.79 Å². The second-order valence-electron chi connectivity index (χ2n) is 3.23. The molecule has 0 amide bonds. The number of hydrogen-bond acceptors (Lipinski definition) is 4. The van der Waals surface area contributed by atoms with Crippen molar-refractivity contribution in [2.24, 2.45) is 5.92 Å². The molecule has 0 N–H and O–H groups in total. The van der Waals surface area contributed by atoms with Gasteiger partial charge in [-0.3, -0.25) is 4.68 Å². The monoisotopic (exact) mass is 181 g/mol. The van der Waals surface area contributed by atoms with Gasteiger partial charge in [0.1, 0.15) is 6.33 Å². The number of carbonyl (C=O) groups excluding carboxylic acids is 1. The van der Waals surface area contributed by atoms with Gasteiger partial charge >= 0.3 is 5.97 Å². The summed E-state index contributed by atoms with van der Waals surface area (Å²) in [5.74, 6) is 0.393. The summed E-state index contributed by atoms with van der Waals surface area (Å²) < 4.78 is 6.19. The molecule has 0 spiro atoms. The van der Waals surface area contributed by atoms with E-state index in [2.05, 4.69) is 14.8 Å². The molecule has 2 rings (SSSR count). The highest BCUT2D eigenvalue weighted by Crippen LogP contribution is 2.30. The third-order valence-electron chi connectivity index (χ3n) is 2.05. The third-order valence-corrected chi connectivity index (χ3v) is 2.05. The van der Waals surface area contributed by atoms with Crippen LogP contribution in [0.5, 0.6) is 0 Å². The zero-order valence-electron chi connectivity index (χ0n) is 7.43. The smallest absolute Gasteiger partial charge is 0.377 e. The van der Waals surface area contributed by atoms with Gasteiger partial charge in [0.2, 0.25) is 0 Å². The van der Waals surface area contributed by atoms with Gasteiger partial charge in [-0.25, -0.2) is 9.78 Å². The summed E-state index contributed by atoms with van der Waals surface area (Å²) >= 11 is 0. The molecule has 1 aromatic heterocycles. The molecular formula is C8H11N3O2. The second kappa shape index (κ2) is 3.16. The minimum absolute atomic E-state index is 0.142. The first-order valence-electron chi connectivity index (χ1n) is 4.27. The Labute approximate surface area is 75.7 Å². The maximum Gasteiger partial charge on any atom is 0.377 e. The average molecular weight is 181 g/mol. The molecule has 0 aliphatic heterocycles. The molecule has 1 saturated carbocycles. The lowest BCUT2D eigenvalue weighted by Crippen LogP contribution is -2.06. The van der Waals surface area contributed by atoms with Crippen molar-refractivity contribution in [2.45, 2.75) is 19.4 Å². The van der Waals surface area contributed by atoms with Crippen molar-refractivity contribution in [1.29, 1.82) is 0 Å². The Morgan fingerprint density at radius 3 is 3.15 bits per heavy atom. The fourth-order valence-electron chi connectivity index (χ4n) is 1.13. The number of aromatic nitrogens is 3. The summed E-state index contributed by atoms with van der Waals surface area (Å²) in [7, 11) is 1.32. The van der Waals surface area contributed by atoms with E-state index < -0.39 is 5.97 Å². The van der Waals surface area contributed by atoms with Gasteiger partial charge < -0.3 is 4.74 Å². The molecular weight excluding hydrogens is 170 g/mol. The van der Waals surface area contributed by atoms with E-state index in [1.165, 1.54) is 20.0 Å². The number of esters is 1. The number of rotatable bonds is 3. The van der Waals surface area contributed by atoms with Gasteiger partial charge in [-0.05, 0) is 18.8 Å². The molecule has 70 valence electrons. The Balaban J connectivity index is 2.03. The Morgan fingerprint density at radius 1 is 1.77 bits per heavy atom. The van der Waals surface area contributed by atoms with E-state index in [-0.39, 0.29) is 5.82 Å². The fourth-order valence-corrected chi connectivity index (χ4v) is 1.13. The maximum absolute atomic E-state index is 11.0. The second-order valence-corrected chi connectivity index (χ2v) is 3.23. The molecule has 1 aromatic rings. The maximum atomic E-state index is 11.0. The van der Waals surface area contributed by atoms with Gasteiger partial charge in [0.05, 0.1) is 7.11 Å². The van der Waals surface area contributed by atoms with Gasteiger partial charge in [-0.2, -0.15) is 0 Å². The molecule has 0 unspecified atom stereocenters. The molecule has 5 nitrogen and oxygen atoms in total. The lowest BCUT2D eigenvalue weighted by molar-refractivity contribution is 0.0586. The van der Waals surface area contributed by atoms with Gasteiger partial charge in [0.15, 0.2) is 0 Å². The van der Waals surface area contributed by atoms with Crippen LogP contribution in [0.15, 0.2) is 6.33 Å². The van der Waals surface area contributed by atoms with E-state index >= 15 is 0 Å². The van der Waals surface area contributed by atoms with Crippen LogP contribution in [0.25, 0.3) is 0 Å². The molecule has 1 aliphatic rings. The number of hydrogen-bond donors (Lipinski definition) is 0. The summed E-state index contributed by atoms with van der Waals surface area (Å²) in [4.78, 5) is 14.8. The van der Waals surface area contributed by atoms with Gasteiger partial charge in [0.25, 0.3) is 5.82 Å². The first-order valence-corrected chi connectivity index (χ1v) is 4.27. The van der Waals surface area contributed by atoms with Crippen LogP contribution in [0.1, 0.15) is 23.5 Å². The lowest BCUT2D eigenvalue weighted by atomic mass is 10.4. The largest absolute Gasteiger partial charge is 0.463 e. The molecule has 1 fully saturated rings. The Bertz CT molecular complexity index is 317. The molecule has 13 heavy (non-hydrogen) atoms. The highest BCUT2D eigenvalue weighted by molar-refractivity contribution is 5.84. The summed E-state index contributed by atoms with van der Waals surface area (Å²) in [6.07, 6.45) is 4.09. The van der Waals surface area contributed by atoms with Crippen LogP contribution in [-0.4, -0.2) is 27.8 Å². The lowest BCUT2D eigenvalue weighted by Gasteiger charge is -1.95. The van der Waals surface area contributed by atoms with Gasteiger partial charge in [-0.15, -0.1) is 5.10 Å². The van der Waals surface area contributed by atoms with Gasteiger partial charge in [-0.1, -0.05) is 0 Å². The van der Waals surface area contributed by atoms with Crippen molar-refractivity contribution >= 4 is 5.97 Å². The van der Waals surface area contributed by atoms with E-state index in [0.29, 0.717) is 0 Å². The van der Waals surface area contributed by atoms with Crippen LogP contribution in [0.3, 0.4) is 0 Å². The van der Waals surface area contributed by atoms with E-state index in [1.54, 1.807) is 11.0 Å². The Morgan fingerprint density at radius 2 is 2.54 bits per heavy atom. The van der Waals surface area contributed by atoms with Crippen molar-refractivity contribution in [3.63, 3.8) is 0 Å². The highest BCUT2D eigenvalue weighted by Gasteiger charge is 2.22. The molecule has 0 aromatic carbocycles. The highest BCUT2D eigenvalue weighted by atomic mass is 16.5. The number of methoxy groups -OCH3 is 1. The number of ether oxygens (including phenoxy) is 1. The van der Waals surface area contributed by atoms with Crippen LogP contribution < -0.4 is 0 Å².